The summed E-state index contributed by atoms with van der Waals surface area (Å²) in [6.07, 6.45) is 0. The van der Waals surface area contributed by atoms with Crippen molar-refractivity contribution in [1.29, 1.82) is 5.26 Å². The minimum atomic E-state index is 0. The van der Waals surface area contributed by atoms with Crippen LogP contribution in [0.25, 0.3) is 11.1 Å². The summed E-state index contributed by atoms with van der Waals surface area (Å²) in [6.45, 7) is 0. The third-order valence-electron chi connectivity index (χ3n) is 2.32. The van der Waals surface area contributed by atoms with Gasteiger partial charge in [-0.1, -0.05) is 12.1 Å². The average Bonchev–Trinajstić information content (AvgIpc) is 2.29. The number of nitriles is 1. The molecule has 0 bridgehead atoms. The van der Waals surface area contributed by atoms with Crippen molar-refractivity contribution in [2.75, 3.05) is 5.73 Å². The molecule has 0 atom stereocenters. The summed E-state index contributed by atoms with van der Waals surface area (Å²) in [5.74, 6) is 0.120. The number of nitrogens with two attached hydrogens (primary N) is 1. The summed E-state index contributed by atoms with van der Waals surface area (Å²) < 4.78 is 0. The van der Waals surface area contributed by atoms with Crippen molar-refractivity contribution >= 4 is 35.1 Å². The quantitative estimate of drug-likeness (QED) is 0.787. The predicted molar refractivity (Wildman–Crippen MR) is 80.2 cm³/mol. The Balaban J connectivity index is 0.00000144. The normalized spacial score (nSPS) is 8.61. The third kappa shape index (κ3) is 3.39. The second-order valence-corrected chi connectivity index (χ2v) is 3.47. The molecule has 0 amide bonds. The Morgan fingerprint density at radius 2 is 1.83 bits per heavy atom. The lowest BCUT2D eigenvalue weighted by molar-refractivity contribution is 0.477. The van der Waals surface area contributed by atoms with Crippen LogP contribution in [0.5, 0.6) is 5.75 Å². The Bertz CT molecular complexity index is 581. The van der Waals surface area contributed by atoms with Crippen LogP contribution in [0, 0.1) is 11.3 Å². The molecule has 3 nitrogen and oxygen atoms in total. The summed E-state index contributed by atoms with van der Waals surface area (Å²) in [4.78, 5) is 0. The van der Waals surface area contributed by atoms with Crippen LogP contribution >= 0.6 is 29.4 Å². The molecule has 0 aliphatic heterocycles. The molecule has 0 spiro atoms. The molecular weight excluding hydrogens is 316 g/mol. The van der Waals surface area contributed by atoms with Crippen LogP contribution in [0.1, 0.15) is 5.56 Å². The van der Waals surface area contributed by atoms with Gasteiger partial charge in [-0.2, -0.15) is 5.26 Å². The zero-order chi connectivity index (χ0) is 11.5. The first kappa shape index (κ1) is 16.3. The molecule has 0 radical (unpaired) electrons. The van der Waals surface area contributed by atoms with Gasteiger partial charge in [-0.05, 0) is 29.8 Å². The van der Waals surface area contributed by atoms with E-state index in [0.717, 1.165) is 5.56 Å². The van der Waals surface area contributed by atoms with Crippen molar-refractivity contribution in [3.8, 4) is 22.9 Å². The number of phenols is 1. The monoisotopic (exact) mass is 326 g/mol. The van der Waals surface area contributed by atoms with Crippen molar-refractivity contribution in [2.45, 2.75) is 0 Å². The van der Waals surface area contributed by atoms with Gasteiger partial charge in [0.1, 0.15) is 5.75 Å². The van der Waals surface area contributed by atoms with Gasteiger partial charge in [-0.25, -0.2) is 0 Å². The molecule has 0 unspecified atom stereocenters. The van der Waals surface area contributed by atoms with E-state index in [1.54, 1.807) is 30.3 Å². The van der Waals surface area contributed by atoms with E-state index in [0.29, 0.717) is 16.8 Å². The van der Waals surface area contributed by atoms with Gasteiger partial charge < -0.3 is 10.8 Å². The standard InChI is InChI=1S/C13H10N2O.BrH.ClH/c14-8-9-2-1-3-10(6-9)12-5-4-11(15)7-13(12)16;;/h1-7,16H,15H2;2*1H. The summed E-state index contributed by atoms with van der Waals surface area (Å²) in [5.41, 5.74) is 8.10. The number of anilines is 1. The smallest absolute Gasteiger partial charge is 0.125 e. The Kier molecular flexibility index (Phi) is 6.24. The molecule has 2 rings (SSSR count). The maximum atomic E-state index is 9.75. The molecule has 0 saturated carbocycles. The fourth-order valence-electron chi connectivity index (χ4n) is 1.55. The molecule has 2 aromatic carbocycles. The molecule has 18 heavy (non-hydrogen) atoms. The van der Waals surface area contributed by atoms with Gasteiger partial charge in [0.05, 0.1) is 11.6 Å². The van der Waals surface area contributed by atoms with Gasteiger partial charge in [0.25, 0.3) is 0 Å². The van der Waals surface area contributed by atoms with Gasteiger partial charge in [0.15, 0.2) is 0 Å². The summed E-state index contributed by atoms with van der Waals surface area (Å²) >= 11 is 0. The van der Waals surface area contributed by atoms with Gasteiger partial charge >= 0.3 is 0 Å². The van der Waals surface area contributed by atoms with Crippen LogP contribution in [0.15, 0.2) is 42.5 Å². The second kappa shape index (κ2) is 6.90. The number of benzene rings is 2. The fourth-order valence-corrected chi connectivity index (χ4v) is 1.55. The highest BCUT2D eigenvalue weighted by Crippen LogP contribution is 2.30. The summed E-state index contributed by atoms with van der Waals surface area (Å²) in [6, 6.07) is 14.1. The highest BCUT2D eigenvalue weighted by Gasteiger charge is 2.04. The highest BCUT2D eigenvalue weighted by molar-refractivity contribution is 8.93. The molecule has 0 aromatic heterocycles. The van der Waals surface area contributed by atoms with Crippen LogP contribution in [-0.4, -0.2) is 5.11 Å². The van der Waals surface area contributed by atoms with Crippen molar-refractivity contribution in [3.63, 3.8) is 0 Å². The molecule has 3 N–H and O–H groups in total. The molecule has 0 aliphatic carbocycles. The first-order chi connectivity index (χ1) is 7.70. The lowest BCUT2D eigenvalue weighted by Crippen LogP contribution is -1.86. The van der Waals surface area contributed by atoms with Crippen LogP contribution in [0.2, 0.25) is 0 Å². The number of halogens is 2. The largest absolute Gasteiger partial charge is 0.507 e. The third-order valence-corrected chi connectivity index (χ3v) is 2.32. The Hall–Kier alpha value is -1.70. The number of aromatic hydroxyl groups is 1. The van der Waals surface area contributed by atoms with Gasteiger partial charge in [-0.15, -0.1) is 29.4 Å². The molecule has 0 saturated heterocycles. The highest BCUT2D eigenvalue weighted by atomic mass is 79.9. The van der Waals surface area contributed by atoms with Crippen molar-refractivity contribution in [1.82, 2.24) is 0 Å². The molecule has 5 heteroatoms. The zero-order valence-corrected chi connectivity index (χ0v) is 11.9. The Morgan fingerprint density at radius 1 is 1.11 bits per heavy atom. The number of rotatable bonds is 1. The molecule has 94 valence electrons. The van der Waals surface area contributed by atoms with Gasteiger partial charge in [-0.3, -0.25) is 0 Å². The minimum absolute atomic E-state index is 0. The minimum Gasteiger partial charge on any atom is -0.507 e. The van der Waals surface area contributed by atoms with E-state index < -0.39 is 0 Å². The Morgan fingerprint density at radius 3 is 2.44 bits per heavy atom. The van der Waals surface area contributed by atoms with Crippen LogP contribution in [0.3, 0.4) is 0 Å². The lowest BCUT2D eigenvalue weighted by Gasteiger charge is -2.05. The second-order valence-electron chi connectivity index (χ2n) is 3.47. The van der Waals surface area contributed by atoms with Crippen LogP contribution < -0.4 is 5.73 Å². The number of hydrogen-bond acceptors (Lipinski definition) is 3. The number of nitrogens with zero attached hydrogens (tertiary/aromatic N) is 1. The van der Waals surface area contributed by atoms with Gasteiger partial charge in [0.2, 0.25) is 0 Å². The molecule has 0 aliphatic rings. The number of hydrogen-bond donors (Lipinski definition) is 2. The maximum Gasteiger partial charge on any atom is 0.125 e. The lowest BCUT2D eigenvalue weighted by atomic mass is 10.0. The zero-order valence-electron chi connectivity index (χ0n) is 9.33. The molecular formula is C13H12BrClN2O. The van der Waals surface area contributed by atoms with Gasteiger partial charge in [0, 0.05) is 17.3 Å². The molecule has 0 fully saturated rings. The van der Waals surface area contributed by atoms with Crippen molar-refractivity contribution in [3.05, 3.63) is 48.0 Å². The van der Waals surface area contributed by atoms with E-state index in [1.807, 2.05) is 6.07 Å². The Labute approximate surface area is 122 Å². The van der Waals surface area contributed by atoms with E-state index in [9.17, 15) is 5.11 Å². The van der Waals surface area contributed by atoms with Crippen LogP contribution in [-0.2, 0) is 0 Å². The van der Waals surface area contributed by atoms with E-state index in [1.165, 1.54) is 6.07 Å². The summed E-state index contributed by atoms with van der Waals surface area (Å²) in [7, 11) is 0. The van der Waals surface area contributed by atoms with Crippen LogP contribution in [0.4, 0.5) is 5.69 Å². The SMILES string of the molecule is Br.Cl.N#Cc1cccc(-c2ccc(N)cc2O)c1. The average molecular weight is 328 g/mol. The van der Waals surface area contributed by atoms with Crippen molar-refractivity contribution < 1.29 is 5.11 Å². The number of phenolic OH excluding ortho intramolecular Hbond substituents is 1. The first-order valence-corrected chi connectivity index (χ1v) is 4.80. The fraction of sp³-hybridized carbons (Fsp3) is 0. The predicted octanol–water partition coefficient (Wildman–Crippen LogP) is 3.51. The maximum absolute atomic E-state index is 9.75. The molecule has 0 heterocycles. The van der Waals surface area contributed by atoms with Crippen molar-refractivity contribution in [2.24, 2.45) is 0 Å². The molecule has 2 aromatic rings. The summed E-state index contributed by atoms with van der Waals surface area (Å²) in [5, 5.41) is 18.5. The first-order valence-electron chi connectivity index (χ1n) is 4.80. The topological polar surface area (TPSA) is 70.0 Å². The van der Waals surface area contributed by atoms with E-state index in [-0.39, 0.29) is 35.1 Å². The van der Waals surface area contributed by atoms with E-state index >= 15 is 0 Å². The van der Waals surface area contributed by atoms with E-state index in [2.05, 4.69) is 6.07 Å². The van der Waals surface area contributed by atoms with E-state index in [4.69, 9.17) is 11.0 Å². The number of nitrogen functional groups attached to an aromatic ring is 1.